The largest absolute Gasteiger partial charge is 0.347 e. The first-order chi connectivity index (χ1) is 14.3. The van der Waals surface area contributed by atoms with Crippen molar-refractivity contribution in [3.8, 4) is 0 Å². The van der Waals surface area contributed by atoms with Gasteiger partial charge in [0.2, 0.25) is 0 Å². The lowest BCUT2D eigenvalue weighted by atomic mass is 10.0. The summed E-state index contributed by atoms with van der Waals surface area (Å²) in [7, 11) is 0. The third-order valence-corrected chi connectivity index (χ3v) is 4.47. The van der Waals surface area contributed by atoms with Crippen molar-refractivity contribution in [1.29, 1.82) is 0 Å². The lowest BCUT2D eigenvalue weighted by Crippen LogP contribution is -2.42. The van der Waals surface area contributed by atoms with Crippen LogP contribution in [-0.4, -0.2) is 34.7 Å². The molecule has 162 valence electrons. The zero-order valence-corrected chi connectivity index (χ0v) is 18.6. The molecule has 1 aliphatic rings. The van der Waals surface area contributed by atoms with E-state index >= 15 is 0 Å². The van der Waals surface area contributed by atoms with Gasteiger partial charge in [0.1, 0.15) is 0 Å². The number of amides is 4. The highest BCUT2D eigenvalue weighted by Gasteiger charge is 2.37. The second-order valence-electron chi connectivity index (χ2n) is 9.67. The zero-order chi connectivity index (χ0) is 23.1. The molecule has 0 saturated heterocycles. The summed E-state index contributed by atoms with van der Waals surface area (Å²) in [6.07, 6.45) is 0. The maximum absolute atomic E-state index is 12.9. The van der Waals surface area contributed by atoms with Gasteiger partial charge in [0.25, 0.3) is 23.6 Å². The molecule has 0 atom stereocenters. The summed E-state index contributed by atoms with van der Waals surface area (Å²) in [5, 5.41) is 5.70. The molecule has 0 radical (unpaired) electrons. The molecule has 2 N–H and O–H groups in total. The third kappa shape index (κ3) is 4.82. The molecule has 0 unspecified atom stereocenters. The van der Waals surface area contributed by atoms with E-state index in [9.17, 15) is 19.2 Å². The van der Waals surface area contributed by atoms with Crippen LogP contribution in [0.3, 0.4) is 0 Å². The van der Waals surface area contributed by atoms with E-state index in [4.69, 9.17) is 0 Å². The third-order valence-electron chi connectivity index (χ3n) is 4.47. The number of fused-ring (bicyclic) bond motifs is 1. The smallest absolute Gasteiger partial charge is 0.266 e. The van der Waals surface area contributed by atoms with Crippen LogP contribution in [0.25, 0.3) is 0 Å². The van der Waals surface area contributed by atoms with E-state index in [2.05, 4.69) is 10.6 Å². The molecule has 0 fully saturated rings. The normalized spacial score (nSPS) is 13.8. The molecule has 2 aromatic rings. The van der Waals surface area contributed by atoms with E-state index < -0.39 is 34.7 Å². The van der Waals surface area contributed by atoms with E-state index in [1.807, 2.05) is 41.5 Å². The van der Waals surface area contributed by atoms with E-state index in [0.29, 0.717) is 0 Å². The van der Waals surface area contributed by atoms with Crippen molar-refractivity contribution in [2.24, 2.45) is 0 Å². The van der Waals surface area contributed by atoms with Crippen LogP contribution in [0.5, 0.6) is 0 Å². The molecule has 2 aromatic carbocycles. The highest BCUT2D eigenvalue weighted by molar-refractivity contribution is 6.34. The second kappa shape index (κ2) is 7.65. The number of anilines is 1. The average Bonchev–Trinajstić information content (AvgIpc) is 2.89. The van der Waals surface area contributed by atoms with Crippen LogP contribution in [0.1, 0.15) is 83.0 Å². The first-order valence-electron chi connectivity index (χ1n) is 10.0. The Bertz CT molecular complexity index is 1010. The van der Waals surface area contributed by atoms with Gasteiger partial charge >= 0.3 is 0 Å². The lowest BCUT2D eigenvalue weighted by molar-refractivity contribution is 0.0901. The number of hydrogen-bond donors (Lipinski definition) is 2. The zero-order valence-electron chi connectivity index (χ0n) is 18.6. The van der Waals surface area contributed by atoms with Crippen LogP contribution in [-0.2, 0) is 0 Å². The van der Waals surface area contributed by atoms with Crippen molar-refractivity contribution >= 4 is 29.3 Å². The van der Waals surface area contributed by atoms with Gasteiger partial charge in [-0.2, -0.15) is 0 Å². The van der Waals surface area contributed by atoms with Crippen LogP contribution in [0, 0.1) is 0 Å². The van der Waals surface area contributed by atoms with Crippen LogP contribution in [0.4, 0.5) is 5.69 Å². The molecule has 0 saturated carbocycles. The SMILES string of the molecule is CC(C)(C)NC(=O)c1cc(C(=O)NC(C)(C)C)cc(N2C(=O)c3ccccc3C2=O)c1. The Hall–Kier alpha value is -3.48. The molecule has 4 amide bonds. The lowest BCUT2D eigenvalue weighted by Gasteiger charge is -2.23. The molecule has 1 heterocycles. The summed E-state index contributed by atoms with van der Waals surface area (Å²) in [5.74, 6) is -1.79. The van der Waals surface area contributed by atoms with Crippen LogP contribution < -0.4 is 15.5 Å². The van der Waals surface area contributed by atoms with Crippen LogP contribution in [0.2, 0.25) is 0 Å². The number of carbonyl (C=O) groups excluding carboxylic acids is 4. The van der Waals surface area contributed by atoms with Crippen molar-refractivity contribution in [2.45, 2.75) is 52.6 Å². The van der Waals surface area contributed by atoms with E-state index in [0.717, 1.165) is 4.90 Å². The summed E-state index contributed by atoms with van der Waals surface area (Å²) in [6, 6.07) is 10.9. The maximum atomic E-state index is 12.9. The van der Waals surface area contributed by atoms with Gasteiger partial charge in [-0.25, -0.2) is 4.90 Å². The Balaban J connectivity index is 2.10. The fraction of sp³-hybridized carbons (Fsp3) is 0.333. The van der Waals surface area contributed by atoms with Gasteiger partial charge in [0.15, 0.2) is 0 Å². The van der Waals surface area contributed by atoms with Crippen LogP contribution >= 0.6 is 0 Å². The summed E-state index contributed by atoms with van der Waals surface area (Å²) >= 11 is 0. The molecule has 31 heavy (non-hydrogen) atoms. The summed E-state index contributed by atoms with van der Waals surface area (Å²) in [4.78, 5) is 52.5. The molecule has 7 heteroatoms. The predicted molar refractivity (Wildman–Crippen MR) is 118 cm³/mol. The summed E-state index contributed by atoms with van der Waals surface area (Å²) in [6.45, 7) is 11.0. The Morgan fingerprint density at radius 2 is 1.10 bits per heavy atom. The number of carbonyl (C=O) groups is 4. The molecule has 7 nitrogen and oxygen atoms in total. The number of rotatable bonds is 3. The highest BCUT2D eigenvalue weighted by Crippen LogP contribution is 2.30. The van der Waals surface area contributed by atoms with E-state index in [-0.39, 0.29) is 27.9 Å². The van der Waals surface area contributed by atoms with Gasteiger partial charge in [-0.1, -0.05) is 12.1 Å². The van der Waals surface area contributed by atoms with Crippen molar-refractivity contribution in [2.75, 3.05) is 4.90 Å². The molecule has 3 rings (SSSR count). The standard InChI is InChI=1S/C24H27N3O4/c1-23(2,3)25-19(28)14-11-15(20(29)26-24(4,5)6)13-16(12-14)27-21(30)17-9-7-8-10-18(17)22(27)31/h7-13H,1-6H3,(H,25,28)(H,26,29). The summed E-state index contributed by atoms with van der Waals surface area (Å²) < 4.78 is 0. The quantitative estimate of drug-likeness (QED) is 0.741. The molecular formula is C24H27N3O4. The highest BCUT2D eigenvalue weighted by atomic mass is 16.2. The molecule has 0 bridgehead atoms. The number of nitrogens with zero attached hydrogens (tertiary/aromatic N) is 1. The van der Waals surface area contributed by atoms with Crippen molar-refractivity contribution in [3.63, 3.8) is 0 Å². The van der Waals surface area contributed by atoms with E-state index in [1.165, 1.54) is 18.2 Å². The topological polar surface area (TPSA) is 95.6 Å². The minimum atomic E-state index is -0.504. The van der Waals surface area contributed by atoms with Crippen LogP contribution in [0.15, 0.2) is 42.5 Å². The Morgan fingerprint density at radius 3 is 1.45 bits per heavy atom. The van der Waals surface area contributed by atoms with Crippen molar-refractivity contribution in [3.05, 3.63) is 64.7 Å². The van der Waals surface area contributed by atoms with Crippen molar-refractivity contribution < 1.29 is 19.2 Å². The fourth-order valence-corrected chi connectivity index (χ4v) is 3.25. The maximum Gasteiger partial charge on any atom is 0.266 e. The van der Waals surface area contributed by atoms with Gasteiger partial charge in [-0.3, -0.25) is 19.2 Å². The predicted octanol–water partition coefficient (Wildman–Crippen LogP) is 3.54. The Morgan fingerprint density at radius 1 is 0.710 bits per heavy atom. The first kappa shape index (κ1) is 22.2. The summed E-state index contributed by atoms with van der Waals surface area (Å²) in [5.41, 5.74) is 0.112. The molecular weight excluding hydrogens is 394 g/mol. The van der Waals surface area contributed by atoms with Crippen molar-refractivity contribution in [1.82, 2.24) is 10.6 Å². The number of nitrogens with one attached hydrogen (secondary N) is 2. The first-order valence-corrected chi connectivity index (χ1v) is 10.0. The minimum Gasteiger partial charge on any atom is -0.347 e. The average molecular weight is 421 g/mol. The second-order valence-corrected chi connectivity index (χ2v) is 9.67. The molecule has 0 spiro atoms. The van der Waals surface area contributed by atoms with Gasteiger partial charge in [0.05, 0.1) is 16.8 Å². The molecule has 0 aromatic heterocycles. The molecule has 1 aliphatic heterocycles. The Labute approximate surface area is 181 Å². The van der Waals surface area contributed by atoms with Gasteiger partial charge in [-0.15, -0.1) is 0 Å². The Kier molecular flexibility index (Phi) is 5.48. The molecule has 0 aliphatic carbocycles. The van der Waals surface area contributed by atoms with E-state index in [1.54, 1.807) is 24.3 Å². The fourth-order valence-electron chi connectivity index (χ4n) is 3.25. The number of benzene rings is 2. The number of imide groups is 1. The van der Waals surface area contributed by atoms with Gasteiger partial charge in [0, 0.05) is 22.2 Å². The monoisotopic (exact) mass is 421 g/mol. The number of hydrogen-bond acceptors (Lipinski definition) is 4. The van der Waals surface area contributed by atoms with Gasteiger partial charge < -0.3 is 10.6 Å². The van der Waals surface area contributed by atoms with Gasteiger partial charge in [-0.05, 0) is 71.9 Å². The minimum absolute atomic E-state index is 0.173.